The maximum Gasteiger partial charge on any atom is 0.226 e. The van der Waals surface area contributed by atoms with Crippen molar-refractivity contribution in [2.24, 2.45) is 4.99 Å². The number of ether oxygens (including phenoxy) is 1. The Morgan fingerprint density at radius 3 is 2.55 bits per heavy atom. The van der Waals surface area contributed by atoms with Gasteiger partial charge in [-0.3, -0.25) is 0 Å². The lowest BCUT2D eigenvalue weighted by Crippen LogP contribution is -2.36. The Morgan fingerprint density at radius 1 is 1.07 bits per heavy atom. The highest BCUT2D eigenvalue weighted by Gasteiger charge is 2.08. The second-order valence-corrected chi connectivity index (χ2v) is 6.76. The predicted molar refractivity (Wildman–Crippen MR) is 115 cm³/mol. The standard InChI is InChI=1S/C23H28N4O2/c1-4-24-23(25-13-19-7-5-6-8-20(19)15-28-3)26-14-21-16-29-22(27-21)18-11-9-17(2)10-12-18/h5-12,16H,4,13-15H2,1-3H3,(H2,24,25,26). The Labute approximate surface area is 172 Å². The fourth-order valence-electron chi connectivity index (χ4n) is 2.91. The molecule has 0 unspecified atom stereocenters. The van der Waals surface area contributed by atoms with Crippen LogP contribution in [0.3, 0.4) is 0 Å². The molecule has 2 N–H and O–H groups in total. The number of guanidine groups is 1. The first-order valence-corrected chi connectivity index (χ1v) is 9.79. The molecule has 0 aliphatic heterocycles. The van der Waals surface area contributed by atoms with E-state index in [1.807, 2.05) is 31.2 Å². The molecule has 2 aromatic carbocycles. The minimum Gasteiger partial charge on any atom is -0.444 e. The summed E-state index contributed by atoms with van der Waals surface area (Å²) in [5, 5.41) is 6.59. The van der Waals surface area contributed by atoms with Crippen molar-refractivity contribution in [3.63, 3.8) is 0 Å². The molecular formula is C23H28N4O2. The highest BCUT2D eigenvalue weighted by Crippen LogP contribution is 2.19. The molecule has 6 heteroatoms. The Kier molecular flexibility index (Phi) is 7.41. The Balaban J connectivity index is 1.64. The van der Waals surface area contributed by atoms with Gasteiger partial charge in [0, 0.05) is 19.2 Å². The van der Waals surface area contributed by atoms with Crippen molar-refractivity contribution in [1.29, 1.82) is 0 Å². The molecule has 0 bridgehead atoms. The molecule has 0 amide bonds. The number of hydrogen-bond acceptors (Lipinski definition) is 4. The summed E-state index contributed by atoms with van der Waals surface area (Å²) < 4.78 is 10.9. The van der Waals surface area contributed by atoms with Crippen molar-refractivity contribution in [3.8, 4) is 11.5 Å². The first-order valence-electron chi connectivity index (χ1n) is 9.79. The highest BCUT2D eigenvalue weighted by atomic mass is 16.5. The largest absolute Gasteiger partial charge is 0.444 e. The lowest BCUT2D eigenvalue weighted by atomic mass is 10.1. The number of oxazole rings is 1. The third-order valence-corrected chi connectivity index (χ3v) is 4.46. The van der Waals surface area contributed by atoms with Crippen molar-refractivity contribution in [1.82, 2.24) is 15.6 Å². The summed E-state index contributed by atoms with van der Waals surface area (Å²) in [4.78, 5) is 9.27. The van der Waals surface area contributed by atoms with Gasteiger partial charge in [-0.15, -0.1) is 0 Å². The normalized spacial score (nSPS) is 11.5. The lowest BCUT2D eigenvalue weighted by molar-refractivity contribution is 0.184. The summed E-state index contributed by atoms with van der Waals surface area (Å²) >= 11 is 0. The molecule has 0 saturated carbocycles. The summed E-state index contributed by atoms with van der Waals surface area (Å²) in [5.74, 6) is 1.36. The van der Waals surface area contributed by atoms with E-state index in [1.54, 1.807) is 13.4 Å². The first kappa shape index (κ1) is 20.6. The van der Waals surface area contributed by atoms with Gasteiger partial charge >= 0.3 is 0 Å². The van der Waals surface area contributed by atoms with Crippen molar-refractivity contribution in [2.75, 3.05) is 13.7 Å². The van der Waals surface area contributed by atoms with Crippen LogP contribution in [0.5, 0.6) is 0 Å². The number of nitrogens with one attached hydrogen (secondary N) is 2. The summed E-state index contributed by atoms with van der Waals surface area (Å²) in [5.41, 5.74) is 5.30. The summed E-state index contributed by atoms with van der Waals surface area (Å²) in [6, 6.07) is 16.3. The zero-order valence-corrected chi connectivity index (χ0v) is 17.2. The summed E-state index contributed by atoms with van der Waals surface area (Å²) in [6.07, 6.45) is 1.68. The first-order chi connectivity index (χ1) is 14.2. The predicted octanol–water partition coefficient (Wildman–Crippen LogP) is 4.05. The van der Waals surface area contributed by atoms with E-state index in [4.69, 9.17) is 14.1 Å². The number of nitrogens with zero attached hydrogens (tertiary/aromatic N) is 2. The number of aryl methyl sites for hydroxylation is 1. The van der Waals surface area contributed by atoms with Gasteiger partial charge in [-0.1, -0.05) is 42.0 Å². The van der Waals surface area contributed by atoms with Crippen LogP contribution in [0.2, 0.25) is 0 Å². The van der Waals surface area contributed by atoms with E-state index < -0.39 is 0 Å². The maximum atomic E-state index is 5.63. The van der Waals surface area contributed by atoms with Crippen LogP contribution >= 0.6 is 0 Å². The third-order valence-electron chi connectivity index (χ3n) is 4.46. The fraction of sp³-hybridized carbons (Fsp3) is 0.304. The molecule has 3 rings (SSSR count). The fourth-order valence-corrected chi connectivity index (χ4v) is 2.91. The molecule has 0 aliphatic carbocycles. The van der Waals surface area contributed by atoms with Crippen molar-refractivity contribution in [2.45, 2.75) is 33.5 Å². The van der Waals surface area contributed by atoms with Gasteiger partial charge in [0.1, 0.15) is 6.26 Å². The average Bonchev–Trinajstić information content (AvgIpc) is 3.21. The van der Waals surface area contributed by atoms with Gasteiger partial charge < -0.3 is 19.8 Å². The van der Waals surface area contributed by atoms with Crippen molar-refractivity contribution in [3.05, 3.63) is 77.2 Å². The van der Waals surface area contributed by atoms with Gasteiger partial charge in [-0.05, 0) is 37.1 Å². The summed E-state index contributed by atoms with van der Waals surface area (Å²) in [6.45, 7) is 6.56. The number of benzene rings is 2. The van der Waals surface area contributed by atoms with E-state index in [2.05, 4.69) is 46.8 Å². The van der Waals surface area contributed by atoms with Crippen LogP contribution in [0.15, 0.2) is 64.2 Å². The van der Waals surface area contributed by atoms with Crippen molar-refractivity contribution < 1.29 is 9.15 Å². The summed E-state index contributed by atoms with van der Waals surface area (Å²) in [7, 11) is 1.70. The quantitative estimate of drug-likeness (QED) is 0.447. The molecule has 1 heterocycles. The molecule has 0 radical (unpaired) electrons. The molecule has 29 heavy (non-hydrogen) atoms. The number of aromatic nitrogens is 1. The minimum atomic E-state index is 0.529. The van der Waals surface area contributed by atoms with Gasteiger partial charge in [0.2, 0.25) is 5.89 Å². The second-order valence-electron chi connectivity index (χ2n) is 6.76. The van der Waals surface area contributed by atoms with Crippen LogP contribution in [-0.2, 0) is 24.4 Å². The van der Waals surface area contributed by atoms with Gasteiger partial charge in [0.05, 0.1) is 25.4 Å². The van der Waals surface area contributed by atoms with Gasteiger partial charge in [-0.25, -0.2) is 9.98 Å². The SMILES string of the molecule is CCNC(=NCc1ccccc1COC)NCc1coc(-c2ccc(C)cc2)n1. The molecule has 0 spiro atoms. The number of rotatable bonds is 8. The molecule has 0 atom stereocenters. The van der Waals surface area contributed by atoms with Gasteiger partial charge in [-0.2, -0.15) is 0 Å². The van der Waals surface area contributed by atoms with Crippen LogP contribution in [-0.4, -0.2) is 24.6 Å². The van der Waals surface area contributed by atoms with Crippen molar-refractivity contribution >= 4 is 5.96 Å². The molecule has 0 fully saturated rings. The Bertz CT molecular complexity index is 932. The number of hydrogen-bond donors (Lipinski definition) is 2. The van der Waals surface area contributed by atoms with Gasteiger partial charge in [0.25, 0.3) is 0 Å². The Morgan fingerprint density at radius 2 is 1.83 bits per heavy atom. The van der Waals surface area contributed by atoms with E-state index in [9.17, 15) is 0 Å². The lowest BCUT2D eigenvalue weighted by Gasteiger charge is -2.11. The molecule has 3 aromatic rings. The Hall–Kier alpha value is -3.12. The molecule has 6 nitrogen and oxygen atoms in total. The minimum absolute atomic E-state index is 0.529. The van der Waals surface area contributed by atoms with Crippen LogP contribution < -0.4 is 10.6 Å². The molecule has 1 aromatic heterocycles. The highest BCUT2D eigenvalue weighted by molar-refractivity contribution is 5.79. The topological polar surface area (TPSA) is 71.7 Å². The van der Waals surface area contributed by atoms with Crippen LogP contribution in [0.25, 0.3) is 11.5 Å². The van der Waals surface area contributed by atoms with E-state index in [-0.39, 0.29) is 0 Å². The second kappa shape index (κ2) is 10.4. The molecule has 0 aliphatic rings. The smallest absolute Gasteiger partial charge is 0.226 e. The number of aliphatic imine (C=N–C) groups is 1. The van der Waals surface area contributed by atoms with Crippen LogP contribution in [0.1, 0.15) is 29.3 Å². The van der Waals surface area contributed by atoms with E-state index >= 15 is 0 Å². The zero-order chi connectivity index (χ0) is 20.5. The van der Waals surface area contributed by atoms with Gasteiger partial charge in [0.15, 0.2) is 5.96 Å². The monoisotopic (exact) mass is 392 g/mol. The third kappa shape index (κ3) is 5.93. The molecule has 0 saturated heterocycles. The van der Waals surface area contributed by atoms with E-state index in [0.717, 1.165) is 34.9 Å². The van der Waals surface area contributed by atoms with Crippen LogP contribution in [0, 0.1) is 6.92 Å². The molecular weight excluding hydrogens is 364 g/mol. The zero-order valence-electron chi connectivity index (χ0n) is 17.2. The van der Waals surface area contributed by atoms with E-state index in [1.165, 1.54) is 5.56 Å². The van der Waals surface area contributed by atoms with E-state index in [0.29, 0.717) is 25.6 Å². The van der Waals surface area contributed by atoms with Crippen LogP contribution in [0.4, 0.5) is 0 Å². The molecule has 152 valence electrons. The number of methoxy groups -OCH3 is 1. The average molecular weight is 393 g/mol. The maximum absolute atomic E-state index is 5.63.